The highest BCUT2D eigenvalue weighted by Crippen LogP contribution is 2.42. The molecule has 0 rings (SSSR count). The standard InChI is InChI=1S/C36H79O9PSi2/c1-7-13-19-38-25-31-47(32-26-39-20-14-8-2,33-27-40-21-15-9-3)44-46(37)45-48(34-28-41-22-16-10-4,35-29-42-23-17-11-5)36-30-43-24-18-12-6/h46H,7-36H2,1-6H3. The van der Waals surface area contributed by atoms with Gasteiger partial charge in [0.05, 0.1) is 0 Å². The molecule has 0 aliphatic heterocycles. The first-order chi connectivity index (χ1) is 23.5. The van der Waals surface area contributed by atoms with E-state index < -0.39 is 24.9 Å². The number of hydrogen-bond donors (Lipinski definition) is 0. The third kappa shape index (κ3) is 28.0. The van der Waals surface area contributed by atoms with Gasteiger partial charge in [-0.2, -0.15) is 0 Å². The predicted octanol–water partition coefficient (Wildman–Crippen LogP) is 10.2. The fraction of sp³-hybridized carbons (Fsp3) is 1.00. The van der Waals surface area contributed by atoms with Crippen LogP contribution in [0.5, 0.6) is 0 Å². The Morgan fingerprint density at radius 2 is 0.521 bits per heavy atom. The second kappa shape index (κ2) is 35.7. The molecule has 0 atom stereocenters. The maximum Gasteiger partial charge on any atom is 0.299 e. The van der Waals surface area contributed by atoms with Crippen LogP contribution in [0, 0.1) is 0 Å². The normalized spacial score (nSPS) is 12.5. The summed E-state index contributed by atoms with van der Waals surface area (Å²) in [5.41, 5.74) is 0. The van der Waals surface area contributed by atoms with E-state index in [9.17, 15) is 4.57 Å². The van der Waals surface area contributed by atoms with Crippen LogP contribution in [0.25, 0.3) is 0 Å². The van der Waals surface area contributed by atoms with Crippen LogP contribution in [0.2, 0.25) is 36.3 Å². The molecule has 0 aliphatic rings. The highest BCUT2D eigenvalue weighted by Gasteiger charge is 2.41. The molecular weight excluding hydrogens is 664 g/mol. The average Bonchev–Trinajstić information content (AvgIpc) is 3.07. The van der Waals surface area contributed by atoms with Crippen molar-refractivity contribution < 1.29 is 41.4 Å². The van der Waals surface area contributed by atoms with Gasteiger partial charge in [0.1, 0.15) is 0 Å². The maximum absolute atomic E-state index is 14.3. The third-order valence-corrected chi connectivity index (χ3v) is 20.2. The molecule has 9 nitrogen and oxygen atoms in total. The Morgan fingerprint density at radius 3 is 0.688 bits per heavy atom. The lowest BCUT2D eigenvalue weighted by molar-refractivity contribution is 0.127. The van der Waals surface area contributed by atoms with Crippen molar-refractivity contribution in [3.63, 3.8) is 0 Å². The van der Waals surface area contributed by atoms with Gasteiger partial charge in [0.25, 0.3) is 8.25 Å². The Morgan fingerprint density at radius 1 is 0.333 bits per heavy atom. The summed E-state index contributed by atoms with van der Waals surface area (Å²) in [4.78, 5) is 0. The molecule has 12 heteroatoms. The van der Waals surface area contributed by atoms with Gasteiger partial charge in [-0.3, -0.25) is 4.57 Å². The highest BCUT2D eigenvalue weighted by molar-refractivity contribution is 7.38. The summed E-state index contributed by atoms with van der Waals surface area (Å²) in [6.45, 7) is 21.0. The molecule has 0 saturated carbocycles. The summed E-state index contributed by atoms with van der Waals surface area (Å²) < 4.78 is 64.2. The zero-order valence-electron chi connectivity index (χ0n) is 32.4. The summed E-state index contributed by atoms with van der Waals surface area (Å²) >= 11 is 0. The lowest BCUT2D eigenvalue weighted by atomic mass is 10.4. The quantitative estimate of drug-likeness (QED) is 0.0346. The zero-order valence-corrected chi connectivity index (χ0v) is 35.4. The van der Waals surface area contributed by atoms with Crippen LogP contribution in [0.15, 0.2) is 0 Å². The minimum Gasteiger partial charge on any atom is -0.382 e. The van der Waals surface area contributed by atoms with Crippen molar-refractivity contribution in [2.75, 3.05) is 79.3 Å². The van der Waals surface area contributed by atoms with Crippen LogP contribution < -0.4 is 0 Å². The van der Waals surface area contributed by atoms with Crippen LogP contribution in [-0.4, -0.2) is 95.9 Å². The van der Waals surface area contributed by atoms with Crippen LogP contribution in [-0.2, 0) is 41.4 Å². The largest absolute Gasteiger partial charge is 0.382 e. The third-order valence-electron chi connectivity index (χ3n) is 8.67. The smallest absolute Gasteiger partial charge is 0.299 e. The van der Waals surface area contributed by atoms with Crippen LogP contribution in [0.1, 0.15) is 119 Å². The van der Waals surface area contributed by atoms with Crippen molar-refractivity contribution in [3.8, 4) is 0 Å². The lowest BCUT2D eigenvalue weighted by Crippen LogP contribution is -2.43. The average molecular weight is 743 g/mol. The van der Waals surface area contributed by atoms with Gasteiger partial charge in [-0.05, 0) is 74.8 Å². The number of rotatable bonds is 40. The molecule has 0 heterocycles. The van der Waals surface area contributed by atoms with Crippen molar-refractivity contribution in [2.45, 2.75) is 155 Å². The number of hydrogen-bond acceptors (Lipinski definition) is 9. The molecule has 0 aliphatic carbocycles. The van der Waals surface area contributed by atoms with Gasteiger partial charge in [0, 0.05) is 79.3 Å². The molecule has 0 radical (unpaired) electrons. The van der Waals surface area contributed by atoms with Gasteiger partial charge in [-0.25, -0.2) is 0 Å². The van der Waals surface area contributed by atoms with E-state index in [-0.39, 0.29) is 0 Å². The summed E-state index contributed by atoms with van der Waals surface area (Å²) in [7, 11) is -8.09. The Hall–Kier alpha value is 0.344. The van der Waals surface area contributed by atoms with Crippen LogP contribution in [0.3, 0.4) is 0 Å². The summed E-state index contributed by atoms with van der Waals surface area (Å²) in [6.07, 6.45) is 12.8. The Bertz CT molecular complexity index is 568. The molecule has 0 N–H and O–H groups in total. The fourth-order valence-corrected chi connectivity index (χ4v) is 15.5. The highest BCUT2D eigenvalue weighted by atomic mass is 31.1. The molecule has 0 aromatic heterocycles. The minimum atomic E-state index is -2.84. The van der Waals surface area contributed by atoms with Crippen LogP contribution >= 0.6 is 8.25 Å². The molecule has 0 bridgehead atoms. The second-order valence-corrected chi connectivity index (χ2v) is 23.0. The Kier molecular flexibility index (Phi) is 36.0. The summed E-state index contributed by atoms with van der Waals surface area (Å²) in [6, 6.07) is 4.50. The Balaban J connectivity index is 6.09. The van der Waals surface area contributed by atoms with E-state index in [1.807, 2.05) is 0 Å². The van der Waals surface area contributed by atoms with Gasteiger partial charge in [-0.15, -0.1) is 0 Å². The van der Waals surface area contributed by atoms with Crippen molar-refractivity contribution in [1.82, 2.24) is 0 Å². The van der Waals surface area contributed by atoms with Crippen molar-refractivity contribution in [2.24, 2.45) is 0 Å². The molecule has 0 aromatic carbocycles. The van der Waals surface area contributed by atoms with E-state index in [2.05, 4.69) is 41.5 Å². The van der Waals surface area contributed by atoms with Gasteiger partial charge in [-0.1, -0.05) is 80.1 Å². The monoisotopic (exact) mass is 743 g/mol. The Labute approximate surface area is 299 Å². The van der Waals surface area contributed by atoms with E-state index in [1.165, 1.54) is 0 Å². The molecule has 0 aromatic rings. The molecule has 0 amide bonds. The predicted molar refractivity (Wildman–Crippen MR) is 206 cm³/mol. The second-order valence-electron chi connectivity index (χ2n) is 13.1. The van der Waals surface area contributed by atoms with Gasteiger partial charge < -0.3 is 36.8 Å². The molecule has 290 valence electrons. The molecular formula is C36H79O9PSi2. The summed E-state index contributed by atoms with van der Waals surface area (Å²) in [5.74, 6) is 0. The molecule has 0 spiro atoms. The van der Waals surface area contributed by atoms with E-state index in [0.717, 1.165) is 153 Å². The molecule has 0 unspecified atom stereocenters. The van der Waals surface area contributed by atoms with Crippen molar-refractivity contribution in [1.29, 1.82) is 0 Å². The molecule has 0 fully saturated rings. The molecule has 48 heavy (non-hydrogen) atoms. The first-order valence-electron chi connectivity index (χ1n) is 19.8. The first-order valence-corrected chi connectivity index (χ1v) is 26.1. The molecule has 0 saturated heterocycles. The fourth-order valence-electron chi connectivity index (χ4n) is 5.07. The minimum absolute atomic E-state index is 0.593. The first kappa shape index (κ1) is 48.3. The van der Waals surface area contributed by atoms with Crippen molar-refractivity contribution >= 4 is 24.9 Å². The van der Waals surface area contributed by atoms with Crippen molar-refractivity contribution in [3.05, 3.63) is 0 Å². The lowest BCUT2D eigenvalue weighted by Gasteiger charge is -2.35. The van der Waals surface area contributed by atoms with Gasteiger partial charge >= 0.3 is 0 Å². The van der Waals surface area contributed by atoms with E-state index in [4.69, 9.17) is 36.8 Å². The maximum atomic E-state index is 14.3. The number of ether oxygens (including phenoxy) is 6. The van der Waals surface area contributed by atoms with E-state index in [0.29, 0.717) is 39.6 Å². The van der Waals surface area contributed by atoms with E-state index in [1.54, 1.807) is 0 Å². The van der Waals surface area contributed by atoms with Crippen LogP contribution in [0.4, 0.5) is 0 Å². The van der Waals surface area contributed by atoms with Gasteiger partial charge in [0.2, 0.25) is 16.6 Å². The SMILES string of the molecule is CCCCOCC[Si](CCOCCCC)(CCOCCCC)O[PH](=O)O[Si](CCOCCCC)(CCOCCCC)CCOCCCC. The zero-order chi connectivity index (χ0) is 35.4. The van der Waals surface area contributed by atoms with Gasteiger partial charge in [0.15, 0.2) is 0 Å². The topological polar surface area (TPSA) is 90.9 Å². The summed E-state index contributed by atoms with van der Waals surface area (Å²) in [5, 5.41) is 0. The number of unbranched alkanes of at least 4 members (excludes halogenated alkanes) is 6. The van der Waals surface area contributed by atoms with E-state index >= 15 is 0 Å².